The van der Waals surface area contributed by atoms with Crippen molar-refractivity contribution in [2.45, 2.75) is 19.3 Å². The Morgan fingerprint density at radius 3 is 1.29 bits per heavy atom. The van der Waals surface area contributed by atoms with Crippen LogP contribution in [0.3, 0.4) is 0 Å². The van der Waals surface area contributed by atoms with Crippen molar-refractivity contribution >= 4 is 0 Å². The number of allylic oxidation sites excluding steroid dienone is 1. The second-order valence-corrected chi connectivity index (χ2v) is 2.61. The Balaban J connectivity index is -0.000000132. The topological polar surface area (TPSA) is 68.3 Å². The molecule has 1 aliphatic carbocycles. The summed E-state index contributed by atoms with van der Waals surface area (Å²) in [4.78, 5) is 0. The quantitative estimate of drug-likeness (QED) is 0.541. The van der Waals surface area contributed by atoms with Crippen LogP contribution < -0.4 is 0 Å². The van der Waals surface area contributed by atoms with Crippen LogP contribution in [-0.2, 0) is 51.5 Å². The molecule has 1 saturated carbocycles. The molecule has 0 aromatic heterocycles. The number of hydrogen-bond donors (Lipinski definition) is 0. The predicted octanol–water partition coefficient (Wildman–Crippen LogP) is 2.29. The molecule has 0 aromatic rings. The van der Waals surface area contributed by atoms with E-state index in [0.717, 1.165) is 5.92 Å². The molecule has 6 heteroatoms. The average molecular weight is 270 g/mol. The van der Waals surface area contributed by atoms with Gasteiger partial charge in [0, 0.05) is 0 Å². The molecule has 0 heterocycles. The van der Waals surface area contributed by atoms with Crippen molar-refractivity contribution in [2.75, 3.05) is 0 Å². The van der Waals surface area contributed by atoms with Gasteiger partial charge in [0.15, 0.2) is 0 Å². The van der Waals surface area contributed by atoms with Crippen LogP contribution >= 0.6 is 0 Å². The molecule has 14 heavy (non-hydrogen) atoms. The van der Waals surface area contributed by atoms with E-state index in [4.69, 9.17) is 13.3 Å². The molecule has 0 aliphatic heterocycles. The van der Waals surface area contributed by atoms with E-state index >= 15 is 0 Å². The number of hydrogen-bond acceptors (Lipinski definition) is 4. The summed E-state index contributed by atoms with van der Waals surface area (Å²) in [6.07, 6.45) is 6.27. The molecule has 0 spiro atoms. The van der Waals surface area contributed by atoms with E-state index < -0.39 is 38.2 Å². The number of rotatable bonds is 1. The molecule has 0 radical (unpaired) electrons. The summed E-state index contributed by atoms with van der Waals surface area (Å²) in [5.74, 6) is 0.880. The molecule has 0 N–H and O–H groups in total. The first-order valence-electron chi connectivity index (χ1n) is 3.87. The molecule has 1 aliphatic rings. The molecule has 0 unspecified atom stereocenters. The van der Waals surface area contributed by atoms with E-state index in [0.29, 0.717) is 0 Å². The summed E-state index contributed by atoms with van der Waals surface area (Å²) in [5.41, 5.74) is 0. The van der Waals surface area contributed by atoms with Gasteiger partial charge in [0.25, 0.3) is 0 Å². The maximum atomic E-state index is 8.50. The van der Waals surface area contributed by atoms with Crippen molar-refractivity contribution in [3.8, 4) is 0 Å². The van der Waals surface area contributed by atoms with Gasteiger partial charge in [-0.15, -0.1) is 19.7 Å². The summed E-state index contributed by atoms with van der Waals surface area (Å²) in [6.45, 7) is 9.68. The third kappa shape index (κ3) is 22.7. The van der Waals surface area contributed by atoms with Crippen molar-refractivity contribution in [1.82, 2.24) is 0 Å². The van der Waals surface area contributed by atoms with E-state index in [1.165, 1.54) is 19.3 Å². The Kier molecular flexibility index (Phi) is 32.5. The van der Waals surface area contributed by atoms with Crippen molar-refractivity contribution in [3.63, 3.8) is 0 Å². The zero-order valence-electron chi connectivity index (χ0n) is 8.03. The minimum absolute atomic E-state index is 0.880. The second kappa shape index (κ2) is 23.2. The Bertz CT molecular complexity index is 178. The minimum atomic E-state index is -2.00. The summed E-state index contributed by atoms with van der Waals surface area (Å²) in [6, 6.07) is 0. The SMILES string of the molecule is C=C.C=CC1CCC1.[O]=[Ti]=[O].[O]=[Ti]=[O]. The van der Waals surface area contributed by atoms with Gasteiger partial charge >= 0.3 is 51.5 Å². The monoisotopic (exact) mass is 270 g/mol. The first kappa shape index (κ1) is 19.6. The molecule has 0 saturated heterocycles. The van der Waals surface area contributed by atoms with Crippen LogP contribution in [0.4, 0.5) is 0 Å². The van der Waals surface area contributed by atoms with Crippen LogP contribution in [0.1, 0.15) is 19.3 Å². The van der Waals surface area contributed by atoms with Crippen LogP contribution in [-0.4, -0.2) is 0 Å². The summed E-state index contributed by atoms with van der Waals surface area (Å²) in [7, 11) is 0. The van der Waals surface area contributed by atoms with Crippen molar-refractivity contribution < 1.29 is 51.5 Å². The molecule has 1 fully saturated rings. The van der Waals surface area contributed by atoms with Crippen LogP contribution in [0, 0.1) is 5.92 Å². The summed E-state index contributed by atoms with van der Waals surface area (Å²) < 4.78 is 34.0. The van der Waals surface area contributed by atoms with Gasteiger partial charge in [0.2, 0.25) is 0 Å². The van der Waals surface area contributed by atoms with Gasteiger partial charge in [0.1, 0.15) is 0 Å². The molecular formula is C8H14O4Ti2. The average Bonchev–Trinajstić information content (AvgIpc) is 2.08. The first-order chi connectivity index (χ1) is 6.76. The van der Waals surface area contributed by atoms with Gasteiger partial charge in [-0.2, -0.15) is 0 Å². The van der Waals surface area contributed by atoms with Gasteiger partial charge in [0.05, 0.1) is 0 Å². The van der Waals surface area contributed by atoms with Crippen LogP contribution in [0.15, 0.2) is 25.8 Å². The predicted molar refractivity (Wildman–Crippen MR) is 41.5 cm³/mol. The van der Waals surface area contributed by atoms with E-state index in [-0.39, 0.29) is 0 Å². The third-order valence-corrected chi connectivity index (χ3v) is 1.48. The Morgan fingerprint density at radius 1 is 1.00 bits per heavy atom. The van der Waals surface area contributed by atoms with Gasteiger partial charge in [-0.05, 0) is 18.8 Å². The van der Waals surface area contributed by atoms with Crippen LogP contribution in [0.2, 0.25) is 0 Å². The fourth-order valence-corrected chi connectivity index (χ4v) is 0.676. The Labute approximate surface area is 102 Å². The standard InChI is InChI=1S/C6H10.C2H4.4O.2Ti/c1-2-6-4-3-5-6;1-2;;;;;;/h2,6H,1,3-5H2;1-2H2;;;;;;. The van der Waals surface area contributed by atoms with E-state index in [2.05, 4.69) is 25.8 Å². The molecular weight excluding hydrogens is 256 g/mol. The normalized spacial score (nSPS) is 11.1. The zero-order valence-corrected chi connectivity index (χ0v) is 11.2. The van der Waals surface area contributed by atoms with Gasteiger partial charge < -0.3 is 0 Å². The molecule has 0 amide bonds. The van der Waals surface area contributed by atoms with Crippen molar-refractivity contribution in [2.24, 2.45) is 5.92 Å². The zero-order chi connectivity index (χ0) is 11.8. The molecule has 0 atom stereocenters. The molecule has 1 rings (SSSR count). The fourth-order valence-electron chi connectivity index (χ4n) is 0.676. The summed E-state index contributed by atoms with van der Waals surface area (Å²) >= 11 is -4.00. The van der Waals surface area contributed by atoms with Crippen molar-refractivity contribution in [3.05, 3.63) is 25.8 Å². The third-order valence-electron chi connectivity index (χ3n) is 1.48. The van der Waals surface area contributed by atoms with E-state index in [1.807, 2.05) is 0 Å². The molecule has 0 bridgehead atoms. The van der Waals surface area contributed by atoms with Crippen molar-refractivity contribution in [1.29, 1.82) is 0 Å². The first-order valence-corrected chi connectivity index (χ1v) is 6.42. The van der Waals surface area contributed by atoms with Crippen LogP contribution in [0.5, 0.6) is 0 Å². The van der Waals surface area contributed by atoms with Gasteiger partial charge in [-0.25, -0.2) is 0 Å². The Hall–Kier alpha value is 0.109. The van der Waals surface area contributed by atoms with Crippen LogP contribution in [0.25, 0.3) is 0 Å². The molecule has 78 valence electrons. The fraction of sp³-hybridized carbons (Fsp3) is 0.500. The second-order valence-electron chi connectivity index (χ2n) is 2.09. The molecule has 4 nitrogen and oxygen atoms in total. The summed E-state index contributed by atoms with van der Waals surface area (Å²) in [5, 5.41) is 0. The van der Waals surface area contributed by atoms with Gasteiger partial charge in [-0.3, -0.25) is 0 Å². The van der Waals surface area contributed by atoms with Gasteiger partial charge in [-0.1, -0.05) is 12.5 Å². The van der Waals surface area contributed by atoms with E-state index in [1.54, 1.807) is 0 Å². The Morgan fingerprint density at radius 2 is 1.29 bits per heavy atom. The maximum absolute atomic E-state index is 8.50. The molecule has 0 aromatic carbocycles. The van der Waals surface area contributed by atoms with E-state index in [9.17, 15) is 0 Å².